The number of ether oxygens (including phenoxy) is 1. The number of halogens is 3. The fourth-order valence-corrected chi connectivity index (χ4v) is 2.12. The summed E-state index contributed by atoms with van der Waals surface area (Å²) in [5, 5.41) is 7.19. The van der Waals surface area contributed by atoms with E-state index < -0.39 is 12.5 Å². The molecule has 1 aromatic heterocycles. The minimum Gasteiger partial charge on any atom is -0.435 e. The number of hydrogen-bond acceptors (Lipinski definition) is 3. The Morgan fingerprint density at radius 3 is 2.95 bits per heavy atom. The van der Waals surface area contributed by atoms with Crippen molar-refractivity contribution in [3.63, 3.8) is 0 Å². The van der Waals surface area contributed by atoms with E-state index in [1.165, 1.54) is 30.5 Å². The van der Waals surface area contributed by atoms with Gasteiger partial charge in [-0.25, -0.2) is 0 Å². The molecular formula is C14H14ClF2N3O2. The zero-order valence-electron chi connectivity index (χ0n) is 11.7. The third kappa shape index (κ3) is 3.94. The van der Waals surface area contributed by atoms with Crippen LogP contribution >= 0.6 is 11.6 Å². The van der Waals surface area contributed by atoms with Crippen LogP contribution < -0.4 is 10.1 Å². The Balaban J connectivity index is 2.04. The fraction of sp³-hybridized carbons (Fsp3) is 0.286. The maximum Gasteiger partial charge on any atom is 0.387 e. The molecule has 8 heteroatoms. The number of aryl methyl sites for hydroxylation is 1. The number of rotatable bonds is 6. The number of nitrogens with one attached hydrogen (secondary N) is 1. The Hall–Kier alpha value is -2.15. The standard InChI is InChI=1S/C14H14ClF2N3O2/c1-2-20-12(11(15)7-19-20)8-18-13(21)9-4-3-5-10(6-9)22-14(16)17/h3-7,14H,2,8H2,1H3,(H,18,21). The van der Waals surface area contributed by atoms with E-state index in [-0.39, 0.29) is 17.9 Å². The number of carbonyl (C=O) groups is 1. The number of aromatic nitrogens is 2. The van der Waals surface area contributed by atoms with Gasteiger partial charge < -0.3 is 10.1 Å². The van der Waals surface area contributed by atoms with Gasteiger partial charge in [-0.3, -0.25) is 9.48 Å². The molecule has 0 aliphatic carbocycles. The molecule has 0 fully saturated rings. The molecule has 0 bridgehead atoms. The molecule has 118 valence electrons. The predicted octanol–water partition coefficient (Wildman–Crippen LogP) is 3.09. The van der Waals surface area contributed by atoms with Gasteiger partial charge in [-0.15, -0.1) is 0 Å². The second-order valence-corrected chi connectivity index (χ2v) is 4.75. The van der Waals surface area contributed by atoms with Gasteiger partial charge in [0.25, 0.3) is 5.91 Å². The van der Waals surface area contributed by atoms with E-state index in [0.717, 1.165) is 0 Å². The van der Waals surface area contributed by atoms with Gasteiger partial charge in [0.1, 0.15) is 5.75 Å². The molecule has 22 heavy (non-hydrogen) atoms. The third-order valence-corrected chi connectivity index (χ3v) is 3.25. The van der Waals surface area contributed by atoms with Crippen LogP contribution in [0.1, 0.15) is 23.0 Å². The van der Waals surface area contributed by atoms with Crippen molar-refractivity contribution in [1.29, 1.82) is 0 Å². The highest BCUT2D eigenvalue weighted by Gasteiger charge is 2.12. The van der Waals surface area contributed by atoms with Crippen LogP contribution in [0.4, 0.5) is 8.78 Å². The Bertz CT molecular complexity index is 661. The zero-order chi connectivity index (χ0) is 16.1. The third-order valence-electron chi connectivity index (χ3n) is 2.94. The van der Waals surface area contributed by atoms with Crippen LogP contribution in [0.15, 0.2) is 30.5 Å². The van der Waals surface area contributed by atoms with Gasteiger partial charge in [0.05, 0.1) is 23.5 Å². The first-order valence-electron chi connectivity index (χ1n) is 6.54. The molecule has 0 radical (unpaired) electrons. The summed E-state index contributed by atoms with van der Waals surface area (Å²) in [7, 11) is 0. The van der Waals surface area contributed by atoms with Crippen LogP contribution in [-0.2, 0) is 13.1 Å². The molecule has 5 nitrogen and oxygen atoms in total. The van der Waals surface area contributed by atoms with E-state index in [1.54, 1.807) is 4.68 Å². The van der Waals surface area contributed by atoms with Gasteiger partial charge in [-0.1, -0.05) is 17.7 Å². The van der Waals surface area contributed by atoms with Gasteiger partial charge in [0.15, 0.2) is 0 Å². The van der Waals surface area contributed by atoms with E-state index in [1.807, 2.05) is 6.92 Å². The highest BCUT2D eigenvalue weighted by molar-refractivity contribution is 6.31. The van der Waals surface area contributed by atoms with Gasteiger partial charge in [0, 0.05) is 12.1 Å². The molecule has 0 aliphatic heterocycles. The Morgan fingerprint density at radius 1 is 1.50 bits per heavy atom. The zero-order valence-corrected chi connectivity index (χ0v) is 12.5. The van der Waals surface area contributed by atoms with Crippen molar-refractivity contribution < 1.29 is 18.3 Å². The number of alkyl halides is 2. The van der Waals surface area contributed by atoms with Gasteiger partial charge in [-0.05, 0) is 25.1 Å². The molecule has 0 spiro atoms. The molecule has 1 N–H and O–H groups in total. The average molecular weight is 330 g/mol. The lowest BCUT2D eigenvalue weighted by Gasteiger charge is -2.09. The summed E-state index contributed by atoms with van der Waals surface area (Å²) in [4.78, 5) is 12.1. The Labute approximate surface area is 130 Å². The van der Waals surface area contributed by atoms with E-state index in [4.69, 9.17) is 11.6 Å². The molecule has 0 aliphatic rings. The smallest absolute Gasteiger partial charge is 0.387 e. The molecule has 0 atom stereocenters. The van der Waals surface area contributed by atoms with Crippen molar-refractivity contribution in [3.05, 3.63) is 46.7 Å². The summed E-state index contributed by atoms with van der Waals surface area (Å²) >= 11 is 6.00. The van der Waals surface area contributed by atoms with E-state index in [2.05, 4.69) is 15.2 Å². The summed E-state index contributed by atoms with van der Waals surface area (Å²) in [6.45, 7) is -0.225. The summed E-state index contributed by atoms with van der Waals surface area (Å²) in [5.41, 5.74) is 0.898. The molecular weight excluding hydrogens is 316 g/mol. The van der Waals surface area contributed by atoms with Crippen LogP contribution in [0.2, 0.25) is 5.02 Å². The number of carbonyl (C=O) groups excluding carboxylic acids is 1. The molecule has 1 amide bonds. The lowest BCUT2D eigenvalue weighted by molar-refractivity contribution is -0.0498. The average Bonchev–Trinajstić information content (AvgIpc) is 2.84. The minimum atomic E-state index is -2.93. The summed E-state index contributed by atoms with van der Waals surface area (Å²) in [6.07, 6.45) is 1.50. The lowest BCUT2D eigenvalue weighted by atomic mass is 10.2. The van der Waals surface area contributed by atoms with Crippen LogP contribution in [0, 0.1) is 0 Å². The molecule has 1 aromatic carbocycles. The molecule has 0 saturated carbocycles. The normalized spacial score (nSPS) is 10.8. The molecule has 2 rings (SSSR count). The number of benzene rings is 1. The SMILES string of the molecule is CCn1ncc(Cl)c1CNC(=O)c1cccc(OC(F)F)c1. The van der Waals surface area contributed by atoms with Crippen molar-refractivity contribution >= 4 is 17.5 Å². The second kappa shape index (κ2) is 7.22. The highest BCUT2D eigenvalue weighted by atomic mass is 35.5. The van der Waals surface area contributed by atoms with Crippen LogP contribution in [0.5, 0.6) is 5.75 Å². The summed E-state index contributed by atoms with van der Waals surface area (Å²) in [6, 6.07) is 5.58. The quantitative estimate of drug-likeness (QED) is 0.886. The monoisotopic (exact) mass is 329 g/mol. The Morgan fingerprint density at radius 2 is 2.27 bits per heavy atom. The van der Waals surface area contributed by atoms with E-state index in [9.17, 15) is 13.6 Å². The Kier molecular flexibility index (Phi) is 5.32. The second-order valence-electron chi connectivity index (χ2n) is 4.34. The van der Waals surface area contributed by atoms with Crippen molar-refractivity contribution in [2.24, 2.45) is 0 Å². The first-order valence-corrected chi connectivity index (χ1v) is 6.92. The van der Waals surface area contributed by atoms with E-state index >= 15 is 0 Å². The van der Waals surface area contributed by atoms with Gasteiger partial charge in [-0.2, -0.15) is 13.9 Å². The first-order chi connectivity index (χ1) is 10.5. The molecule has 1 heterocycles. The maximum atomic E-state index is 12.2. The van der Waals surface area contributed by atoms with Crippen molar-refractivity contribution in [2.45, 2.75) is 26.6 Å². The highest BCUT2D eigenvalue weighted by Crippen LogP contribution is 2.17. The first kappa shape index (κ1) is 16.2. The lowest BCUT2D eigenvalue weighted by Crippen LogP contribution is -2.24. The number of amides is 1. The van der Waals surface area contributed by atoms with Gasteiger partial charge >= 0.3 is 6.61 Å². The van der Waals surface area contributed by atoms with Crippen molar-refractivity contribution in [1.82, 2.24) is 15.1 Å². The summed E-state index contributed by atoms with van der Waals surface area (Å²) < 4.78 is 30.3. The van der Waals surface area contributed by atoms with Gasteiger partial charge in [0.2, 0.25) is 0 Å². The van der Waals surface area contributed by atoms with E-state index in [0.29, 0.717) is 17.3 Å². The van der Waals surface area contributed by atoms with Crippen LogP contribution in [0.3, 0.4) is 0 Å². The van der Waals surface area contributed by atoms with Crippen molar-refractivity contribution in [2.75, 3.05) is 0 Å². The van der Waals surface area contributed by atoms with Crippen LogP contribution in [0.25, 0.3) is 0 Å². The largest absolute Gasteiger partial charge is 0.435 e. The predicted molar refractivity (Wildman–Crippen MR) is 77.2 cm³/mol. The molecule has 0 saturated heterocycles. The summed E-state index contributed by atoms with van der Waals surface area (Å²) in [5.74, 6) is -0.487. The molecule has 0 unspecified atom stereocenters. The number of hydrogen-bond donors (Lipinski definition) is 1. The number of nitrogens with zero attached hydrogens (tertiary/aromatic N) is 2. The molecule has 2 aromatic rings. The van der Waals surface area contributed by atoms with Crippen molar-refractivity contribution in [3.8, 4) is 5.75 Å². The topological polar surface area (TPSA) is 56.2 Å². The minimum absolute atomic E-state index is 0.0701. The maximum absolute atomic E-state index is 12.2. The fourth-order valence-electron chi connectivity index (χ4n) is 1.92. The van der Waals surface area contributed by atoms with Crippen LogP contribution in [-0.4, -0.2) is 22.3 Å².